The van der Waals surface area contributed by atoms with Crippen LogP contribution in [0.15, 0.2) is 211 Å². The Morgan fingerprint density at radius 1 is 0.431 bits per heavy atom. The lowest BCUT2D eigenvalue weighted by Crippen LogP contribution is -2.68. The Bertz CT molecular complexity index is 4120. The number of rotatable bonds is 36. The molecule has 0 unspecified atom stereocenters. The zero-order valence-electron chi connectivity index (χ0n) is 59.8. The summed E-state index contributed by atoms with van der Waals surface area (Å²) in [6.45, 7) is -2.99. The second-order valence-corrected chi connectivity index (χ2v) is 28.1. The zero-order chi connectivity index (χ0) is 76.5. The predicted molar refractivity (Wildman–Crippen MR) is 387 cm³/mol. The van der Waals surface area contributed by atoms with Gasteiger partial charge < -0.3 is 93.4 Å². The second kappa shape index (κ2) is 40.4. The standard InChI is InChI=1S/C80H90N4O24S/c1-96-78-67(90)66(89)68(62(103-78)50-101-109(94,95)59-38-36-56(37-39-59)75(91)84-43-65(88)83-42-64(87)82-41-63(86)81-40-51-22-20-21-23-51)107-80-74(106-77(93)58-34-18-7-19-35-58)72(69(60(44-85)102-80)98-46-53-26-10-3-11-27-53)108-79-73(105-76(92)57-32-16-6-17-33-57)71(100-48-55-30-14-5-15-31-55)70(99-47-54-28-12-4-13-29-54)61(104-79)49-97-45-52-24-8-2-9-25-52/h2-19,24-39,51,60-62,66-74,78-80,85,89-90H,20-23,40-50H2,1H3,(H,81,86)(H,82,87)(H,83,88)(H,84,91)/t60-,61-,62-,66-,67-,68-,69-,70-,71+,72+,73-,74-,78+,79+,80+/m1/s1. The maximum absolute atomic E-state index is 14.9. The van der Waals surface area contributed by atoms with E-state index in [1.165, 1.54) is 12.1 Å². The number of ether oxygens (including phenoxy) is 12. The van der Waals surface area contributed by atoms with Crippen molar-refractivity contribution in [1.82, 2.24) is 21.3 Å². The first-order chi connectivity index (χ1) is 53.0. The molecule has 0 bridgehead atoms. The van der Waals surface area contributed by atoms with Crippen LogP contribution in [-0.2, 0) is 112 Å². The minimum Gasteiger partial charge on any atom is -0.450 e. The first kappa shape index (κ1) is 80.8. The van der Waals surface area contributed by atoms with Gasteiger partial charge in [0.1, 0.15) is 61.0 Å². The number of hydrogen-bond acceptors (Lipinski definition) is 24. The van der Waals surface area contributed by atoms with Crippen molar-refractivity contribution < 1.29 is 114 Å². The highest BCUT2D eigenvalue weighted by atomic mass is 32.2. The summed E-state index contributed by atoms with van der Waals surface area (Å²) >= 11 is 0. The van der Waals surface area contributed by atoms with Crippen LogP contribution in [0.4, 0.5) is 0 Å². The van der Waals surface area contributed by atoms with Crippen molar-refractivity contribution >= 4 is 45.7 Å². The van der Waals surface area contributed by atoms with E-state index in [0.29, 0.717) is 18.0 Å². The molecule has 1 saturated carbocycles. The molecule has 4 aliphatic rings. The van der Waals surface area contributed by atoms with Crippen LogP contribution in [0.2, 0.25) is 0 Å². The van der Waals surface area contributed by atoms with Crippen molar-refractivity contribution in [2.24, 2.45) is 5.92 Å². The van der Waals surface area contributed by atoms with Crippen molar-refractivity contribution in [3.05, 3.63) is 245 Å². The normalized spacial score (nSPS) is 24.9. The molecule has 11 rings (SSSR count). The number of benzene rings is 7. The SMILES string of the molecule is CO[C@H]1O[C@H](COS(=O)(=O)c2ccc(C(=O)NCC(=O)NCC(=O)NCC(=O)NCC3CCCC3)cc2)[C@@H](O[C@@H]2O[C@H](CO)[C@@H](OCc3ccccc3)[C@H](O[C@@H]3O[C@H](COCc4ccccc4)[C@@H](OCc4ccccc4)[C@H](OCc4ccccc4)[C@H]3OC(=O)c3ccccc3)[C@H]2OC(=O)c2ccccc2)[C@H](O)[C@H]1O. The summed E-state index contributed by atoms with van der Waals surface area (Å²) in [5.74, 6) is -3.95. The van der Waals surface area contributed by atoms with E-state index < -0.39 is 163 Å². The number of hydrogen-bond donors (Lipinski definition) is 7. The number of carbonyl (C=O) groups excluding carboxylic acids is 6. The van der Waals surface area contributed by atoms with Crippen LogP contribution in [0.1, 0.15) is 79.0 Å². The fraction of sp³-hybridized carbons (Fsp3) is 0.400. The summed E-state index contributed by atoms with van der Waals surface area (Å²) in [6, 6.07) is 57.2. The number of nitrogens with one attached hydrogen (secondary N) is 4. The van der Waals surface area contributed by atoms with E-state index in [-0.39, 0.29) is 62.2 Å². The molecular formula is C80H90N4O24S. The predicted octanol–water partition coefficient (Wildman–Crippen LogP) is 5.39. The molecule has 109 heavy (non-hydrogen) atoms. The molecule has 3 saturated heterocycles. The number of methoxy groups -OCH3 is 1. The van der Waals surface area contributed by atoms with Crippen molar-refractivity contribution in [3.8, 4) is 0 Å². The van der Waals surface area contributed by atoms with E-state index in [1.54, 1.807) is 78.9 Å². The Morgan fingerprint density at radius 2 is 0.844 bits per heavy atom. The summed E-state index contributed by atoms with van der Waals surface area (Å²) in [5.41, 5.74) is 3.01. The lowest BCUT2D eigenvalue weighted by Gasteiger charge is -2.50. The van der Waals surface area contributed by atoms with E-state index >= 15 is 0 Å². The molecule has 28 nitrogen and oxygen atoms in total. The highest BCUT2D eigenvalue weighted by Crippen LogP contribution is 2.39. The lowest BCUT2D eigenvalue weighted by molar-refractivity contribution is -0.384. The Hall–Kier alpha value is -9.25. The lowest BCUT2D eigenvalue weighted by atomic mass is 9.95. The summed E-state index contributed by atoms with van der Waals surface area (Å²) in [6.07, 6.45) is -20.7. The Balaban J connectivity index is 0.891. The quantitative estimate of drug-likeness (QED) is 0.0191. The summed E-state index contributed by atoms with van der Waals surface area (Å²) in [5, 5.41) is 45.5. The fourth-order valence-corrected chi connectivity index (χ4v) is 13.9. The molecule has 4 fully saturated rings. The van der Waals surface area contributed by atoms with Crippen molar-refractivity contribution in [1.29, 1.82) is 0 Å². The van der Waals surface area contributed by atoms with E-state index in [4.69, 9.17) is 61.0 Å². The smallest absolute Gasteiger partial charge is 0.338 e. The van der Waals surface area contributed by atoms with Crippen LogP contribution in [-0.4, -0.2) is 205 Å². The number of esters is 2. The molecule has 580 valence electrons. The molecule has 0 aromatic heterocycles. The monoisotopic (exact) mass is 1520 g/mol. The molecule has 7 aromatic rings. The van der Waals surface area contributed by atoms with E-state index in [1.807, 2.05) is 91.0 Å². The highest BCUT2D eigenvalue weighted by molar-refractivity contribution is 7.86. The van der Waals surface area contributed by atoms with Gasteiger partial charge in [-0.15, -0.1) is 0 Å². The van der Waals surface area contributed by atoms with Gasteiger partial charge in [-0.2, -0.15) is 8.42 Å². The maximum Gasteiger partial charge on any atom is 0.338 e. The number of aliphatic hydroxyl groups excluding tert-OH is 3. The highest BCUT2D eigenvalue weighted by Gasteiger charge is 2.58. The maximum atomic E-state index is 14.9. The molecule has 7 aromatic carbocycles. The van der Waals surface area contributed by atoms with Gasteiger partial charge in [0.15, 0.2) is 31.1 Å². The summed E-state index contributed by atoms with van der Waals surface area (Å²) < 4.78 is 113. The zero-order valence-corrected chi connectivity index (χ0v) is 60.6. The first-order valence-corrected chi connectivity index (χ1v) is 37.4. The van der Waals surface area contributed by atoms with E-state index in [0.717, 1.165) is 73.7 Å². The van der Waals surface area contributed by atoms with Crippen LogP contribution in [0.25, 0.3) is 0 Å². The number of carbonyl (C=O) groups is 6. The van der Waals surface area contributed by atoms with Gasteiger partial charge in [0.2, 0.25) is 17.7 Å². The third-order valence-corrected chi connectivity index (χ3v) is 20.0. The molecular weight excluding hydrogens is 1430 g/mol. The molecule has 1 aliphatic carbocycles. The molecule has 7 N–H and O–H groups in total. The fourth-order valence-electron chi connectivity index (χ4n) is 12.9. The molecule has 0 radical (unpaired) electrons. The van der Waals surface area contributed by atoms with Crippen LogP contribution < -0.4 is 21.3 Å². The minimum atomic E-state index is -4.84. The van der Waals surface area contributed by atoms with Crippen molar-refractivity contribution in [3.63, 3.8) is 0 Å². The van der Waals surface area contributed by atoms with Crippen molar-refractivity contribution in [2.45, 2.75) is 149 Å². The minimum absolute atomic E-state index is 0.00762. The Morgan fingerprint density at radius 3 is 1.34 bits per heavy atom. The second-order valence-electron chi connectivity index (χ2n) is 26.4. The van der Waals surface area contributed by atoms with E-state index in [2.05, 4.69) is 21.3 Å². The van der Waals surface area contributed by atoms with Gasteiger partial charge in [-0.1, -0.05) is 171 Å². The molecule has 3 aliphatic heterocycles. The van der Waals surface area contributed by atoms with Gasteiger partial charge in [0.05, 0.1) is 81.9 Å². The van der Waals surface area contributed by atoms with Crippen LogP contribution in [0.3, 0.4) is 0 Å². The van der Waals surface area contributed by atoms with Crippen LogP contribution in [0.5, 0.6) is 0 Å². The first-order valence-electron chi connectivity index (χ1n) is 36.0. The Kier molecular flexibility index (Phi) is 30.0. The summed E-state index contributed by atoms with van der Waals surface area (Å²) in [7, 11) is -3.68. The molecule has 29 heteroatoms. The van der Waals surface area contributed by atoms with E-state index in [9.17, 15) is 52.5 Å². The average Bonchev–Trinajstić information content (AvgIpc) is 0.879. The van der Waals surface area contributed by atoms with Gasteiger partial charge in [-0.3, -0.25) is 23.4 Å². The van der Waals surface area contributed by atoms with Crippen LogP contribution in [0, 0.1) is 5.92 Å². The summed E-state index contributed by atoms with van der Waals surface area (Å²) in [4.78, 5) is 79.8. The van der Waals surface area contributed by atoms with Crippen LogP contribution >= 0.6 is 0 Å². The van der Waals surface area contributed by atoms with Gasteiger partial charge in [0.25, 0.3) is 16.0 Å². The van der Waals surface area contributed by atoms with Gasteiger partial charge >= 0.3 is 11.9 Å². The topological polar surface area (TPSA) is 365 Å². The largest absolute Gasteiger partial charge is 0.450 e. The molecule has 4 amide bonds. The third kappa shape index (κ3) is 22.9. The van der Waals surface area contributed by atoms with Gasteiger partial charge in [0, 0.05) is 19.2 Å². The molecule has 0 spiro atoms. The molecule has 3 heterocycles. The average molecular weight is 1520 g/mol. The number of amides is 4. The van der Waals surface area contributed by atoms with Gasteiger partial charge in [-0.05, 0) is 89.5 Å². The third-order valence-electron chi connectivity index (χ3n) is 18.7. The van der Waals surface area contributed by atoms with Gasteiger partial charge in [-0.25, -0.2) is 9.59 Å². The Labute approximate surface area is 630 Å². The number of aliphatic hydroxyl groups is 3. The molecule has 15 atom stereocenters. The van der Waals surface area contributed by atoms with Crippen molar-refractivity contribution in [2.75, 3.05) is 53.1 Å².